The number of pyridine rings is 1. The summed E-state index contributed by atoms with van der Waals surface area (Å²) in [6, 6.07) is 4.06. The van der Waals surface area contributed by atoms with Crippen LogP contribution in [0.5, 0.6) is 0 Å². The van der Waals surface area contributed by atoms with Gasteiger partial charge in [-0.3, -0.25) is 4.98 Å². The van der Waals surface area contributed by atoms with Crippen LogP contribution in [-0.4, -0.2) is 22.0 Å². The van der Waals surface area contributed by atoms with Crippen molar-refractivity contribution in [1.29, 1.82) is 0 Å². The van der Waals surface area contributed by atoms with E-state index in [4.69, 9.17) is 0 Å². The molecule has 2 N–H and O–H groups in total. The Labute approximate surface area is 121 Å². The molecule has 0 saturated carbocycles. The van der Waals surface area contributed by atoms with Crippen LogP contribution in [0.15, 0.2) is 29.9 Å². The first-order valence-electron chi connectivity index (χ1n) is 6.34. The molecule has 0 saturated heterocycles. The van der Waals surface area contributed by atoms with Crippen LogP contribution in [0.2, 0.25) is 0 Å². The van der Waals surface area contributed by atoms with Crippen molar-refractivity contribution in [2.45, 2.75) is 13.5 Å². The highest BCUT2D eigenvalue weighted by Gasteiger charge is 2.08. The van der Waals surface area contributed by atoms with Gasteiger partial charge in [0, 0.05) is 26.0 Å². The largest absolute Gasteiger partial charge is 0.365 e. The first-order chi connectivity index (χ1) is 9.78. The average Bonchev–Trinajstić information content (AvgIpc) is 2.94. The van der Waals surface area contributed by atoms with Crippen molar-refractivity contribution < 1.29 is 0 Å². The zero-order valence-electron chi connectivity index (χ0n) is 11.3. The fourth-order valence-electron chi connectivity index (χ4n) is 1.98. The molecule has 3 aromatic heterocycles. The molecule has 0 unspecified atom stereocenters. The maximum atomic E-state index is 4.49. The van der Waals surface area contributed by atoms with E-state index >= 15 is 0 Å². The number of aromatic nitrogens is 3. The summed E-state index contributed by atoms with van der Waals surface area (Å²) in [5.74, 6) is 1.49. The van der Waals surface area contributed by atoms with Crippen LogP contribution in [0.25, 0.3) is 10.2 Å². The number of hydrogen-bond donors (Lipinski definition) is 2. The SMILES string of the molecule is CNc1nc(NCc2ccncc2C)c2ccsc2n1. The number of nitrogens with one attached hydrogen (secondary N) is 2. The van der Waals surface area contributed by atoms with Crippen LogP contribution >= 0.6 is 11.3 Å². The summed E-state index contributed by atoms with van der Waals surface area (Å²) >= 11 is 1.61. The zero-order valence-corrected chi connectivity index (χ0v) is 12.2. The Morgan fingerprint density at radius 2 is 2.15 bits per heavy atom. The van der Waals surface area contributed by atoms with E-state index in [0.29, 0.717) is 5.95 Å². The van der Waals surface area contributed by atoms with E-state index in [1.165, 1.54) is 11.1 Å². The predicted octanol–water partition coefficient (Wildman–Crippen LogP) is 3.05. The minimum absolute atomic E-state index is 0.633. The number of thiophene rings is 1. The van der Waals surface area contributed by atoms with Gasteiger partial charge >= 0.3 is 0 Å². The lowest BCUT2D eigenvalue weighted by Crippen LogP contribution is -2.06. The molecule has 0 aliphatic rings. The van der Waals surface area contributed by atoms with E-state index in [2.05, 4.69) is 32.5 Å². The van der Waals surface area contributed by atoms with Crippen LogP contribution in [0.4, 0.5) is 11.8 Å². The number of rotatable bonds is 4. The lowest BCUT2D eigenvalue weighted by molar-refractivity contribution is 1.07. The molecule has 5 nitrogen and oxygen atoms in total. The molecule has 3 aromatic rings. The third-order valence-electron chi connectivity index (χ3n) is 3.13. The van der Waals surface area contributed by atoms with Gasteiger partial charge in [-0.15, -0.1) is 11.3 Å². The fraction of sp³-hybridized carbons (Fsp3) is 0.214. The quantitative estimate of drug-likeness (QED) is 0.771. The van der Waals surface area contributed by atoms with Gasteiger partial charge < -0.3 is 10.6 Å². The van der Waals surface area contributed by atoms with Crippen molar-refractivity contribution in [1.82, 2.24) is 15.0 Å². The van der Waals surface area contributed by atoms with E-state index in [9.17, 15) is 0 Å². The maximum absolute atomic E-state index is 4.49. The molecule has 3 heterocycles. The Kier molecular flexibility index (Phi) is 3.47. The Balaban J connectivity index is 1.90. The second-order valence-corrected chi connectivity index (χ2v) is 5.34. The average molecular weight is 285 g/mol. The summed E-state index contributed by atoms with van der Waals surface area (Å²) in [6.45, 7) is 2.78. The molecule has 0 atom stereocenters. The van der Waals surface area contributed by atoms with Crippen molar-refractivity contribution in [2.24, 2.45) is 0 Å². The number of aryl methyl sites for hydroxylation is 1. The number of anilines is 2. The van der Waals surface area contributed by atoms with Crippen LogP contribution in [0, 0.1) is 6.92 Å². The number of hydrogen-bond acceptors (Lipinski definition) is 6. The Hall–Kier alpha value is -2.21. The topological polar surface area (TPSA) is 62.7 Å². The first-order valence-corrected chi connectivity index (χ1v) is 7.22. The van der Waals surface area contributed by atoms with E-state index in [1.807, 2.05) is 37.0 Å². The van der Waals surface area contributed by atoms with Gasteiger partial charge in [-0.2, -0.15) is 4.98 Å². The highest BCUT2D eigenvalue weighted by molar-refractivity contribution is 7.16. The summed E-state index contributed by atoms with van der Waals surface area (Å²) in [4.78, 5) is 14.0. The Morgan fingerprint density at radius 3 is 2.95 bits per heavy atom. The summed E-state index contributed by atoms with van der Waals surface area (Å²) in [5, 5.41) is 9.47. The van der Waals surface area contributed by atoms with Gasteiger partial charge in [-0.25, -0.2) is 4.98 Å². The Morgan fingerprint density at radius 1 is 1.25 bits per heavy atom. The summed E-state index contributed by atoms with van der Waals surface area (Å²) < 4.78 is 0. The van der Waals surface area contributed by atoms with Gasteiger partial charge in [0.1, 0.15) is 10.6 Å². The minimum Gasteiger partial charge on any atom is -0.365 e. The lowest BCUT2D eigenvalue weighted by Gasteiger charge is -2.10. The molecule has 0 aliphatic heterocycles. The number of nitrogens with zero attached hydrogens (tertiary/aromatic N) is 3. The molecule has 0 spiro atoms. The highest BCUT2D eigenvalue weighted by atomic mass is 32.1. The molecule has 0 radical (unpaired) electrons. The first kappa shape index (κ1) is 12.8. The summed E-state index contributed by atoms with van der Waals surface area (Å²) in [5.41, 5.74) is 2.39. The molecular weight excluding hydrogens is 270 g/mol. The van der Waals surface area contributed by atoms with E-state index in [-0.39, 0.29) is 0 Å². The minimum atomic E-state index is 0.633. The van der Waals surface area contributed by atoms with Crippen molar-refractivity contribution in [2.75, 3.05) is 17.7 Å². The molecule has 6 heteroatoms. The molecule has 3 rings (SSSR count). The van der Waals surface area contributed by atoms with Gasteiger partial charge in [0.05, 0.1) is 5.39 Å². The second kappa shape index (κ2) is 5.42. The Bertz CT molecular complexity index is 737. The second-order valence-electron chi connectivity index (χ2n) is 4.44. The van der Waals surface area contributed by atoms with Gasteiger partial charge in [0.2, 0.25) is 5.95 Å². The summed E-state index contributed by atoms with van der Waals surface area (Å²) in [6.07, 6.45) is 3.68. The highest BCUT2D eigenvalue weighted by Crippen LogP contribution is 2.26. The van der Waals surface area contributed by atoms with Crippen molar-refractivity contribution in [3.8, 4) is 0 Å². The van der Waals surface area contributed by atoms with Crippen LogP contribution in [-0.2, 0) is 6.54 Å². The van der Waals surface area contributed by atoms with Crippen LogP contribution in [0.1, 0.15) is 11.1 Å². The van der Waals surface area contributed by atoms with Crippen molar-refractivity contribution in [3.05, 3.63) is 41.0 Å². The van der Waals surface area contributed by atoms with E-state index < -0.39 is 0 Å². The molecule has 0 bridgehead atoms. The van der Waals surface area contributed by atoms with Crippen molar-refractivity contribution >= 4 is 33.3 Å². The van der Waals surface area contributed by atoms with Gasteiger partial charge in [0.15, 0.2) is 0 Å². The molecule has 0 fully saturated rings. The van der Waals surface area contributed by atoms with E-state index in [1.54, 1.807) is 11.3 Å². The van der Waals surface area contributed by atoms with E-state index in [0.717, 1.165) is 22.6 Å². The third-order valence-corrected chi connectivity index (χ3v) is 3.94. The predicted molar refractivity (Wildman–Crippen MR) is 83.3 cm³/mol. The molecule has 20 heavy (non-hydrogen) atoms. The standard InChI is InChI=1S/C14H15N5S/c1-9-7-16-5-3-10(9)8-17-12-11-4-6-20-13(11)19-14(15-2)18-12/h3-7H,8H2,1-2H3,(H2,15,17,18,19). The molecule has 0 amide bonds. The number of fused-ring (bicyclic) bond motifs is 1. The molecular formula is C14H15N5S. The summed E-state index contributed by atoms with van der Waals surface area (Å²) in [7, 11) is 1.82. The lowest BCUT2D eigenvalue weighted by atomic mass is 10.1. The normalized spacial score (nSPS) is 10.7. The zero-order chi connectivity index (χ0) is 13.9. The van der Waals surface area contributed by atoms with Crippen molar-refractivity contribution in [3.63, 3.8) is 0 Å². The maximum Gasteiger partial charge on any atom is 0.225 e. The van der Waals surface area contributed by atoms with Gasteiger partial charge in [-0.1, -0.05) is 0 Å². The van der Waals surface area contributed by atoms with Crippen LogP contribution < -0.4 is 10.6 Å². The van der Waals surface area contributed by atoms with Crippen LogP contribution in [0.3, 0.4) is 0 Å². The van der Waals surface area contributed by atoms with Gasteiger partial charge in [0.25, 0.3) is 0 Å². The third kappa shape index (κ3) is 2.42. The smallest absolute Gasteiger partial charge is 0.225 e. The fourth-order valence-corrected chi connectivity index (χ4v) is 2.75. The van der Waals surface area contributed by atoms with Gasteiger partial charge in [-0.05, 0) is 35.6 Å². The monoisotopic (exact) mass is 285 g/mol. The molecule has 102 valence electrons. The molecule has 0 aromatic carbocycles. The molecule has 0 aliphatic carbocycles.